The van der Waals surface area contributed by atoms with Crippen LogP contribution in [0.2, 0.25) is 0 Å². The van der Waals surface area contributed by atoms with Gasteiger partial charge in [0, 0.05) is 201 Å². The Morgan fingerprint density at radius 2 is 0.429 bits per heavy atom. The zero-order valence-electron chi connectivity index (χ0n) is 85.1. The maximum absolute atomic E-state index is 6.26. The molecular formula is C96H182N24O6. The molecule has 0 bridgehead atoms. The molecule has 1 unspecified atom stereocenters. The van der Waals surface area contributed by atoms with E-state index in [1.54, 1.807) is 0 Å². The maximum atomic E-state index is 6.26. The Morgan fingerprint density at radius 1 is 0.254 bits per heavy atom. The molecule has 0 aliphatic carbocycles. The highest BCUT2D eigenvalue weighted by Gasteiger charge is 2.49. The van der Waals surface area contributed by atoms with E-state index in [1.165, 1.54) is 0 Å². The van der Waals surface area contributed by atoms with Gasteiger partial charge < -0.3 is 106 Å². The van der Waals surface area contributed by atoms with Crippen molar-refractivity contribution in [1.82, 2.24) is 76.8 Å². The molecule has 0 saturated carbocycles. The van der Waals surface area contributed by atoms with Gasteiger partial charge in [0.1, 0.15) is 0 Å². The van der Waals surface area contributed by atoms with Gasteiger partial charge in [-0.3, -0.25) is 0 Å². The molecule has 6 aliphatic rings. The zero-order chi connectivity index (χ0) is 92.5. The number of anilines is 9. The van der Waals surface area contributed by atoms with Crippen LogP contribution in [0.25, 0.3) is 0 Å². The number of nitrogens with one attached hydrogen (secondary N) is 9. The Kier molecular flexibility index (Phi) is 36.9. The maximum Gasteiger partial charge on any atom is 0.232 e. The lowest BCUT2D eigenvalue weighted by atomic mass is 9.79. The van der Waals surface area contributed by atoms with Gasteiger partial charge in [-0.05, 0) is 316 Å². The average Bonchev–Trinajstić information content (AvgIpc) is 0.772. The van der Waals surface area contributed by atoms with Crippen molar-refractivity contribution >= 4 is 53.5 Å². The van der Waals surface area contributed by atoms with Crippen molar-refractivity contribution in [1.29, 1.82) is 0 Å². The molecule has 30 nitrogen and oxygen atoms in total. The van der Waals surface area contributed by atoms with Gasteiger partial charge in [0.05, 0.1) is 39.6 Å². The van der Waals surface area contributed by atoms with Gasteiger partial charge in [0.2, 0.25) is 53.5 Å². The topological polar surface area (TPSA) is 299 Å². The molecule has 3 aromatic rings. The molecule has 0 radical (unpaired) electrons. The lowest BCUT2D eigenvalue weighted by Crippen LogP contribution is -2.63. The SMILES string of the molecule is CCOCCN(c1nc(NCCCCC(CCCNc2nc(N(CCOCC)C3CC(C)(C)NC(C)(C)C3)nc(N(CCOCC)C3CC(C)(C)NC(C)(C)C3)n2)CNc2nc(N(CCOCC)C3CC(C)(C)NC(C)(C)C3)nc(N(CCOCC)C3CC(C)(C)NC(C)(C)C3)n2)nc(N(CCOCC)C2CC(C)(C)NC(C)(C)C2)n1)C1CC(C)(C)NC(C)(C)C1. The van der Waals surface area contributed by atoms with Crippen LogP contribution in [0.5, 0.6) is 0 Å². The fourth-order valence-electron chi connectivity index (χ4n) is 23.5. The summed E-state index contributed by atoms with van der Waals surface area (Å²) in [5, 5.41) is 35.5. The quantitative estimate of drug-likeness (QED) is 0.0237. The highest BCUT2D eigenvalue weighted by molar-refractivity contribution is 5.51. The molecule has 9 heterocycles. The molecule has 3 aromatic heterocycles. The molecule has 0 spiro atoms. The van der Waals surface area contributed by atoms with Crippen LogP contribution in [-0.4, -0.2) is 286 Å². The number of rotatable bonds is 50. The van der Waals surface area contributed by atoms with Crippen molar-refractivity contribution in [2.45, 2.75) is 420 Å². The van der Waals surface area contributed by atoms with Gasteiger partial charge in [-0.15, -0.1) is 0 Å². The van der Waals surface area contributed by atoms with Gasteiger partial charge in [-0.25, -0.2) is 0 Å². The molecule has 30 heteroatoms. The normalized spacial score (nSPS) is 22.2. The minimum absolute atomic E-state index is 0.112. The molecule has 6 fully saturated rings. The predicted octanol–water partition coefficient (Wildman–Crippen LogP) is 14.4. The van der Waals surface area contributed by atoms with Crippen LogP contribution in [0.1, 0.15) is 317 Å². The first-order valence-corrected chi connectivity index (χ1v) is 49.2. The predicted molar refractivity (Wildman–Crippen MR) is 520 cm³/mol. The summed E-state index contributed by atoms with van der Waals surface area (Å²) in [4.78, 5) is 64.7. The van der Waals surface area contributed by atoms with Gasteiger partial charge in [0.25, 0.3) is 0 Å². The van der Waals surface area contributed by atoms with Crippen LogP contribution in [0.3, 0.4) is 0 Å². The molecule has 6 aliphatic heterocycles. The molecule has 0 aromatic carbocycles. The van der Waals surface area contributed by atoms with Crippen molar-refractivity contribution in [2.75, 3.05) is 184 Å². The van der Waals surface area contributed by atoms with Crippen LogP contribution in [-0.2, 0) is 28.4 Å². The van der Waals surface area contributed by atoms with Crippen LogP contribution in [0.15, 0.2) is 0 Å². The smallest absolute Gasteiger partial charge is 0.232 e. The van der Waals surface area contributed by atoms with Gasteiger partial charge in [0.15, 0.2) is 0 Å². The summed E-state index contributed by atoms with van der Waals surface area (Å²) in [5.74, 6) is 5.90. The fourth-order valence-corrected chi connectivity index (χ4v) is 23.5. The minimum atomic E-state index is -0.150. The lowest BCUT2D eigenvalue weighted by molar-refractivity contribution is 0.133. The Balaban J connectivity index is 1.12. The van der Waals surface area contributed by atoms with Crippen molar-refractivity contribution in [3.63, 3.8) is 0 Å². The first-order chi connectivity index (χ1) is 58.9. The van der Waals surface area contributed by atoms with Crippen LogP contribution in [0.4, 0.5) is 53.5 Å². The van der Waals surface area contributed by atoms with E-state index in [-0.39, 0.29) is 109 Å². The van der Waals surface area contributed by atoms with Gasteiger partial charge in [-0.1, -0.05) is 6.42 Å². The van der Waals surface area contributed by atoms with Gasteiger partial charge >= 0.3 is 0 Å². The Bertz CT molecular complexity index is 3480. The monoisotopic (exact) mass is 1770 g/mol. The van der Waals surface area contributed by atoms with E-state index in [2.05, 4.69) is 285 Å². The molecule has 9 rings (SSSR count). The first-order valence-electron chi connectivity index (χ1n) is 49.2. The summed E-state index contributed by atoms with van der Waals surface area (Å²) in [5.41, 5.74) is -1.66. The number of hydrogen-bond acceptors (Lipinski definition) is 30. The summed E-state index contributed by atoms with van der Waals surface area (Å²) >= 11 is 0. The Morgan fingerprint density at radius 3 is 0.619 bits per heavy atom. The summed E-state index contributed by atoms with van der Waals surface area (Å²) in [6.07, 6.45) is 15.3. The molecule has 722 valence electrons. The number of hydrogen-bond donors (Lipinski definition) is 9. The van der Waals surface area contributed by atoms with Crippen molar-refractivity contribution < 1.29 is 28.4 Å². The van der Waals surface area contributed by atoms with Gasteiger partial charge in [-0.2, -0.15) is 44.9 Å². The number of nitrogens with zero attached hydrogens (tertiary/aromatic N) is 15. The Labute approximate surface area is 763 Å². The summed E-state index contributed by atoms with van der Waals surface area (Å²) < 4.78 is 37.4. The minimum Gasteiger partial charge on any atom is -0.380 e. The summed E-state index contributed by atoms with van der Waals surface area (Å²) in [6, 6.07) is 0.748. The number of ether oxygens (including phenoxy) is 6. The highest BCUT2D eigenvalue weighted by atomic mass is 16.5. The highest BCUT2D eigenvalue weighted by Crippen LogP contribution is 2.42. The number of unbranched alkanes of at least 4 members (excludes halogenated alkanes) is 1. The van der Waals surface area contributed by atoms with Crippen LogP contribution >= 0.6 is 0 Å². The largest absolute Gasteiger partial charge is 0.380 e. The van der Waals surface area contributed by atoms with E-state index in [9.17, 15) is 0 Å². The van der Waals surface area contributed by atoms with E-state index in [4.69, 9.17) is 73.3 Å². The Hall–Kier alpha value is -5.25. The third kappa shape index (κ3) is 32.6. The standard InChI is InChI=1S/C96H182N24O6/c1-31-121-50-44-115(70-56-85(7,8)109-86(9,10)57-70)79-100-76(101-80(106-79)116(45-51-122-32-2)71-58-87(11,12)110-88(13,14)59-71)97-42-38-37-40-69(68-99-78-104-83(119(48-54-125-35-5)74-64-93(23,24)113-94(25,26)65-74)108-84(105-78)120(49-55-126-36-6)75-66-95(27,28)114-96(29,30)67-75)41-39-43-98-77-102-81(117(46-52-123-33-3)72-60-89(15,16)111-90(17,18)61-72)107-82(103-77)118(47-53-124-34-4)73-62-91(19,20)112-92(21,22)63-73/h69-75,109-114H,31-68H2,1-30H3,(H,97,100,101,106)(H,98,102,103,107)(H,99,104,105,108). The summed E-state index contributed by atoms with van der Waals surface area (Å²) in [7, 11) is 0. The molecule has 0 amide bonds. The lowest BCUT2D eigenvalue weighted by Gasteiger charge is -2.50. The zero-order valence-corrected chi connectivity index (χ0v) is 85.1. The average molecular weight is 1770 g/mol. The second-order valence-corrected chi connectivity index (χ2v) is 45.6. The molecule has 9 N–H and O–H groups in total. The van der Waals surface area contributed by atoms with E-state index in [1.807, 2.05) is 0 Å². The third-order valence-corrected chi connectivity index (χ3v) is 26.1. The van der Waals surface area contributed by atoms with E-state index in [0.29, 0.717) is 192 Å². The number of piperidine rings is 6. The van der Waals surface area contributed by atoms with E-state index < -0.39 is 0 Å². The second kappa shape index (κ2) is 44.5. The molecular weight excluding hydrogens is 1590 g/mol. The first kappa shape index (κ1) is 104. The molecule has 1 atom stereocenters. The third-order valence-electron chi connectivity index (χ3n) is 26.1. The molecule has 126 heavy (non-hydrogen) atoms. The summed E-state index contributed by atoms with van der Waals surface area (Å²) in [6.45, 7) is 80.9. The molecule has 6 saturated heterocycles. The van der Waals surface area contributed by atoms with Crippen molar-refractivity contribution in [2.24, 2.45) is 5.92 Å². The van der Waals surface area contributed by atoms with Crippen LogP contribution < -0.4 is 77.3 Å². The van der Waals surface area contributed by atoms with E-state index >= 15 is 0 Å². The second-order valence-electron chi connectivity index (χ2n) is 45.6. The van der Waals surface area contributed by atoms with Crippen LogP contribution in [0, 0.1) is 5.92 Å². The fraction of sp³-hybridized carbons (Fsp3) is 0.906. The van der Waals surface area contributed by atoms with Crippen molar-refractivity contribution in [3.05, 3.63) is 0 Å². The van der Waals surface area contributed by atoms with E-state index in [0.717, 1.165) is 109 Å². The number of aromatic nitrogens is 9. The van der Waals surface area contributed by atoms with Crippen molar-refractivity contribution in [3.8, 4) is 0 Å².